The lowest BCUT2D eigenvalue weighted by atomic mass is 10.1. The Morgan fingerprint density at radius 2 is 1.74 bits per heavy atom. The van der Waals surface area contributed by atoms with Crippen molar-refractivity contribution in [3.05, 3.63) is 89.0 Å². The highest BCUT2D eigenvalue weighted by molar-refractivity contribution is 6.07. The Labute approximate surface area is 183 Å². The van der Waals surface area contributed by atoms with Crippen molar-refractivity contribution < 1.29 is 9.59 Å². The molecule has 0 fully saturated rings. The molecule has 3 aromatic carbocycles. The first kappa shape index (κ1) is 20.7. The first-order valence-corrected chi connectivity index (χ1v) is 10.7. The van der Waals surface area contributed by atoms with Crippen LogP contribution >= 0.6 is 0 Å². The summed E-state index contributed by atoms with van der Waals surface area (Å²) < 4.78 is 0. The second-order valence-corrected chi connectivity index (χ2v) is 7.78. The number of aryl methyl sites for hydroxylation is 2. The van der Waals surface area contributed by atoms with Gasteiger partial charge < -0.3 is 15.5 Å². The lowest BCUT2D eigenvalue weighted by Gasteiger charge is -2.17. The molecule has 0 saturated carbocycles. The number of carbonyl (C=O) groups excluding carboxylic acids is 2. The maximum atomic E-state index is 12.9. The number of para-hydroxylation sites is 2. The Balaban J connectivity index is 1.36. The molecule has 4 rings (SSSR count). The normalized spacial score (nSPS) is 12.4. The fourth-order valence-corrected chi connectivity index (χ4v) is 4.00. The third-order valence-electron chi connectivity index (χ3n) is 5.72. The molecule has 0 unspecified atom stereocenters. The molecular formula is C26H27N3O2. The summed E-state index contributed by atoms with van der Waals surface area (Å²) in [6, 6.07) is 21.4. The molecule has 1 aliphatic heterocycles. The van der Waals surface area contributed by atoms with Gasteiger partial charge in [0.15, 0.2) is 0 Å². The monoisotopic (exact) mass is 413 g/mol. The zero-order valence-electron chi connectivity index (χ0n) is 17.9. The zero-order valence-corrected chi connectivity index (χ0v) is 17.9. The van der Waals surface area contributed by atoms with Crippen molar-refractivity contribution in [2.75, 3.05) is 28.6 Å². The minimum atomic E-state index is -0.0992. The molecule has 1 heterocycles. The summed E-state index contributed by atoms with van der Waals surface area (Å²) in [5.74, 6) is -0.0984. The third-order valence-corrected chi connectivity index (χ3v) is 5.72. The molecule has 3 aromatic rings. The fourth-order valence-electron chi connectivity index (χ4n) is 4.00. The Bertz CT molecular complexity index is 1110. The third kappa shape index (κ3) is 4.45. The molecule has 2 N–H and O–H groups in total. The number of fused-ring (bicyclic) bond motifs is 1. The van der Waals surface area contributed by atoms with Crippen LogP contribution in [0.4, 0.5) is 17.1 Å². The molecule has 5 nitrogen and oxygen atoms in total. The molecule has 31 heavy (non-hydrogen) atoms. The first-order chi connectivity index (χ1) is 15.1. The van der Waals surface area contributed by atoms with E-state index in [1.807, 2.05) is 60.4 Å². The predicted octanol–water partition coefficient (Wildman–Crippen LogP) is 4.81. The number of hydrogen-bond donors (Lipinski definition) is 2. The Hall–Kier alpha value is -3.60. The van der Waals surface area contributed by atoms with Gasteiger partial charge in [0.1, 0.15) is 0 Å². The number of nitrogens with one attached hydrogen (secondary N) is 2. The Morgan fingerprint density at radius 1 is 0.968 bits per heavy atom. The van der Waals surface area contributed by atoms with Gasteiger partial charge in [-0.05, 0) is 66.8 Å². The van der Waals surface area contributed by atoms with Crippen molar-refractivity contribution in [3.63, 3.8) is 0 Å². The van der Waals surface area contributed by atoms with Crippen LogP contribution in [-0.2, 0) is 17.6 Å². The highest BCUT2D eigenvalue weighted by Crippen LogP contribution is 2.29. The summed E-state index contributed by atoms with van der Waals surface area (Å²) in [5, 5.41) is 6.15. The molecule has 0 saturated heterocycles. The van der Waals surface area contributed by atoms with Gasteiger partial charge in [-0.2, -0.15) is 0 Å². The summed E-state index contributed by atoms with van der Waals surface area (Å²) in [4.78, 5) is 27.2. The number of nitrogens with zero attached hydrogens (tertiary/aromatic N) is 1. The van der Waals surface area contributed by atoms with Crippen molar-refractivity contribution in [1.29, 1.82) is 0 Å². The number of hydrogen-bond acceptors (Lipinski definition) is 3. The quantitative estimate of drug-likeness (QED) is 0.610. The highest BCUT2D eigenvalue weighted by Gasteiger charge is 2.24. The molecule has 5 heteroatoms. The van der Waals surface area contributed by atoms with Crippen LogP contribution < -0.4 is 15.5 Å². The van der Waals surface area contributed by atoms with E-state index >= 15 is 0 Å². The second-order valence-electron chi connectivity index (χ2n) is 7.78. The van der Waals surface area contributed by atoms with E-state index < -0.39 is 0 Å². The van der Waals surface area contributed by atoms with E-state index in [2.05, 4.69) is 23.6 Å². The van der Waals surface area contributed by atoms with Crippen LogP contribution in [0.25, 0.3) is 0 Å². The highest BCUT2D eigenvalue weighted by atomic mass is 16.2. The standard InChI is InChI=1S/C26H27N3O2/c1-3-19-9-6-7-18(2)25(19)28-24(30)17-27-22-13-11-21(12-14-22)26(31)29-16-15-20-8-4-5-10-23(20)29/h4-14,27H,3,15-17H2,1-2H3,(H,28,30). The van der Waals surface area contributed by atoms with Gasteiger partial charge in [-0.15, -0.1) is 0 Å². The molecule has 0 aliphatic carbocycles. The van der Waals surface area contributed by atoms with Gasteiger partial charge in [0.05, 0.1) is 6.54 Å². The molecule has 1 aliphatic rings. The summed E-state index contributed by atoms with van der Waals surface area (Å²) in [6.45, 7) is 4.93. The zero-order chi connectivity index (χ0) is 21.8. The summed E-state index contributed by atoms with van der Waals surface area (Å²) in [5.41, 5.74) is 6.71. The molecule has 158 valence electrons. The first-order valence-electron chi connectivity index (χ1n) is 10.7. The van der Waals surface area contributed by atoms with Gasteiger partial charge in [-0.25, -0.2) is 0 Å². The van der Waals surface area contributed by atoms with Crippen molar-refractivity contribution in [1.82, 2.24) is 0 Å². The van der Waals surface area contributed by atoms with E-state index in [1.54, 1.807) is 12.1 Å². The summed E-state index contributed by atoms with van der Waals surface area (Å²) in [6.07, 6.45) is 1.75. The minimum Gasteiger partial charge on any atom is -0.376 e. The number of carbonyl (C=O) groups is 2. The van der Waals surface area contributed by atoms with Crippen molar-refractivity contribution in [2.45, 2.75) is 26.7 Å². The maximum Gasteiger partial charge on any atom is 0.258 e. The molecule has 0 bridgehead atoms. The maximum absolute atomic E-state index is 12.9. The van der Waals surface area contributed by atoms with Gasteiger partial charge in [-0.1, -0.05) is 43.3 Å². The van der Waals surface area contributed by atoms with Gasteiger partial charge in [0.25, 0.3) is 5.91 Å². The number of amides is 2. The van der Waals surface area contributed by atoms with Crippen molar-refractivity contribution in [3.8, 4) is 0 Å². The predicted molar refractivity (Wildman–Crippen MR) is 126 cm³/mol. The van der Waals surface area contributed by atoms with Gasteiger partial charge >= 0.3 is 0 Å². The van der Waals surface area contributed by atoms with Crippen LogP contribution in [0, 0.1) is 6.92 Å². The second kappa shape index (κ2) is 9.04. The summed E-state index contributed by atoms with van der Waals surface area (Å²) >= 11 is 0. The molecule has 2 amide bonds. The number of benzene rings is 3. The Kier molecular flexibility index (Phi) is 6.03. The Morgan fingerprint density at radius 3 is 2.52 bits per heavy atom. The fraction of sp³-hybridized carbons (Fsp3) is 0.231. The number of anilines is 3. The molecule has 0 radical (unpaired) electrons. The van der Waals surface area contributed by atoms with E-state index in [4.69, 9.17) is 0 Å². The number of rotatable bonds is 6. The van der Waals surface area contributed by atoms with E-state index in [1.165, 1.54) is 5.56 Å². The lowest BCUT2D eigenvalue weighted by Crippen LogP contribution is -2.28. The van der Waals surface area contributed by atoms with Gasteiger partial charge in [-0.3, -0.25) is 9.59 Å². The lowest BCUT2D eigenvalue weighted by molar-refractivity contribution is -0.114. The molecule has 0 spiro atoms. The van der Waals surface area contributed by atoms with E-state index in [9.17, 15) is 9.59 Å². The molecule has 0 aromatic heterocycles. The molecular weight excluding hydrogens is 386 g/mol. The minimum absolute atomic E-state index is 0.000825. The summed E-state index contributed by atoms with van der Waals surface area (Å²) in [7, 11) is 0. The SMILES string of the molecule is CCc1cccc(C)c1NC(=O)CNc1ccc(C(=O)N2CCc3ccccc32)cc1. The van der Waals surface area contributed by atoms with Crippen LogP contribution in [0.2, 0.25) is 0 Å². The topological polar surface area (TPSA) is 61.4 Å². The van der Waals surface area contributed by atoms with Crippen LogP contribution in [-0.4, -0.2) is 24.9 Å². The van der Waals surface area contributed by atoms with Gasteiger partial charge in [0.2, 0.25) is 5.91 Å². The van der Waals surface area contributed by atoms with Crippen LogP contribution in [0.15, 0.2) is 66.7 Å². The van der Waals surface area contributed by atoms with Gasteiger partial charge in [0, 0.05) is 29.2 Å². The largest absolute Gasteiger partial charge is 0.376 e. The average molecular weight is 414 g/mol. The van der Waals surface area contributed by atoms with Crippen molar-refractivity contribution >= 4 is 28.9 Å². The average Bonchev–Trinajstić information content (AvgIpc) is 3.23. The van der Waals surface area contributed by atoms with E-state index in [-0.39, 0.29) is 18.4 Å². The smallest absolute Gasteiger partial charge is 0.258 e. The van der Waals surface area contributed by atoms with Crippen LogP contribution in [0.3, 0.4) is 0 Å². The van der Waals surface area contributed by atoms with E-state index in [0.29, 0.717) is 12.1 Å². The van der Waals surface area contributed by atoms with Crippen LogP contribution in [0.5, 0.6) is 0 Å². The molecule has 0 atom stereocenters. The van der Waals surface area contributed by atoms with Crippen molar-refractivity contribution in [2.24, 2.45) is 0 Å². The van der Waals surface area contributed by atoms with Crippen LogP contribution in [0.1, 0.15) is 34.0 Å². The van der Waals surface area contributed by atoms with E-state index in [0.717, 1.165) is 41.0 Å².